The van der Waals surface area contributed by atoms with Crippen molar-refractivity contribution in [1.29, 1.82) is 0 Å². The van der Waals surface area contributed by atoms with Crippen LogP contribution in [0, 0.1) is 0 Å². The Morgan fingerprint density at radius 2 is 1.05 bits per heavy atom. The maximum atomic E-state index is 12.1. The van der Waals surface area contributed by atoms with Crippen LogP contribution in [0.2, 0.25) is 0 Å². The van der Waals surface area contributed by atoms with Gasteiger partial charge in [0.2, 0.25) is 0 Å². The first-order chi connectivity index (χ1) is 21.1. The summed E-state index contributed by atoms with van der Waals surface area (Å²) >= 11 is 0. The Balaban J connectivity index is 1.05. The number of benzene rings is 2. The molecule has 0 radical (unpaired) electrons. The molecule has 0 atom stereocenters. The van der Waals surface area contributed by atoms with E-state index in [0.29, 0.717) is 46.1 Å². The third-order valence-electron chi connectivity index (χ3n) is 6.21. The minimum Gasteiger partial charge on any atom is -0.433 e. The quantitative estimate of drug-likeness (QED) is 0.105. The maximum absolute atomic E-state index is 12.1. The van der Waals surface area contributed by atoms with Crippen LogP contribution in [0.25, 0.3) is 12.2 Å². The first-order valence-corrected chi connectivity index (χ1v) is 15.8. The molecule has 2 aromatic rings. The van der Waals surface area contributed by atoms with Gasteiger partial charge in [-0.3, -0.25) is 19.4 Å². The second-order valence-corrected chi connectivity index (χ2v) is 12.0. The number of nitrogens with zero attached hydrogens (tertiary/aromatic N) is 4. The third-order valence-corrected chi connectivity index (χ3v) is 8.54. The molecule has 2 aromatic carbocycles. The Morgan fingerprint density at radius 3 is 1.36 bits per heavy atom. The summed E-state index contributed by atoms with van der Waals surface area (Å²) in [6.45, 7) is 3.79. The van der Waals surface area contributed by atoms with Crippen LogP contribution < -0.4 is 9.47 Å². The highest BCUT2D eigenvalue weighted by molar-refractivity contribution is 8.76. The molecule has 2 heterocycles. The Hall–Kier alpha value is -4.56. The van der Waals surface area contributed by atoms with Crippen molar-refractivity contribution >= 4 is 69.5 Å². The van der Waals surface area contributed by atoms with E-state index in [9.17, 15) is 19.2 Å². The van der Waals surface area contributed by atoms with Gasteiger partial charge >= 0.3 is 12.3 Å². The molecule has 0 unspecified atom stereocenters. The molecular weight excluding hydrogens is 608 g/mol. The lowest BCUT2D eigenvalue weighted by Gasteiger charge is -2.07. The van der Waals surface area contributed by atoms with E-state index in [0.717, 1.165) is 11.1 Å². The zero-order valence-electron chi connectivity index (χ0n) is 24.5. The van der Waals surface area contributed by atoms with E-state index >= 15 is 0 Å². The standard InChI is InChI=1S/C30H30N4O8S2/c1-19-31-25(27(35)33(19)3)17-21-5-9-23(10-6-21)41-29(37)39-13-15-43-44-16-14-40-30(38)42-24-11-7-22(8-12-24)18-26-28(36)34(4)20(2)32-26/h5-12,17-18H,13-16H2,1-4H3/b25-17-,26-18-. The molecule has 230 valence electrons. The van der Waals surface area contributed by atoms with Gasteiger partial charge in [-0.05, 0) is 61.4 Å². The number of hydrogen-bond acceptors (Lipinski definition) is 12. The molecule has 0 spiro atoms. The average molecular weight is 639 g/mol. The molecule has 0 aliphatic carbocycles. The van der Waals surface area contributed by atoms with Crippen molar-refractivity contribution in [3.05, 3.63) is 71.1 Å². The fourth-order valence-corrected chi connectivity index (χ4v) is 5.34. The Labute approximate surface area is 262 Å². The number of rotatable bonds is 11. The predicted octanol–water partition coefficient (Wildman–Crippen LogP) is 5.26. The van der Waals surface area contributed by atoms with E-state index in [-0.39, 0.29) is 25.0 Å². The van der Waals surface area contributed by atoms with Gasteiger partial charge in [-0.1, -0.05) is 45.9 Å². The molecule has 0 bridgehead atoms. The zero-order valence-corrected chi connectivity index (χ0v) is 26.1. The number of aliphatic imine (C=N–C) groups is 2. The molecule has 14 heteroatoms. The molecule has 4 rings (SSSR count). The monoisotopic (exact) mass is 638 g/mol. The number of amides is 2. The van der Waals surface area contributed by atoms with Gasteiger partial charge in [0.05, 0.1) is 0 Å². The molecule has 0 saturated carbocycles. The van der Waals surface area contributed by atoms with Gasteiger partial charge in [-0.15, -0.1) is 0 Å². The summed E-state index contributed by atoms with van der Waals surface area (Å²) in [6, 6.07) is 13.3. The Kier molecular flexibility index (Phi) is 11.2. The zero-order chi connectivity index (χ0) is 31.6. The number of carbonyl (C=O) groups is 4. The Bertz CT molecular complexity index is 1420. The molecule has 2 aliphatic heterocycles. The van der Waals surface area contributed by atoms with Gasteiger partial charge < -0.3 is 18.9 Å². The van der Waals surface area contributed by atoms with Crippen molar-refractivity contribution in [2.24, 2.45) is 9.98 Å². The van der Waals surface area contributed by atoms with Crippen molar-refractivity contribution < 1.29 is 38.1 Å². The van der Waals surface area contributed by atoms with Gasteiger partial charge in [-0.25, -0.2) is 19.6 Å². The van der Waals surface area contributed by atoms with Crippen molar-refractivity contribution in [2.45, 2.75) is 13.8 Å². The molecule has 44 heavy (non-hydrogen) atoms. The van der Waals surface area contributed by atoms with Crippen LogP contribution in [-0.2, 0) is 19.1 Å². The number of carbonyl (C=O) groups excluding carboxylic acids is 4. The molecule has 0 aromatic heterocycles. The number of ether oxygens (including phenoxy) is 4. The molecule has 0 saturated heterocycles. The summed E-state index contributed by atoms with van der Waals surface area (Å²) in [6.07, 6.45) is 1.68. The van der Waals surface area contributed by atoms with Crippen LogP contribution in [-0.4, -0.2) is 84.4 Å². The molecule has 2 aliphatic rings. The van der Waals surface area contributed by atoms with E-state index in [1.807, 2.05) is 0 Å². The fourth-order valence-electron chi connectivity index (χ4n) is 3.69. The summed E-state index contributed by atoms with van der Waals surface area (Å²) in [4.78, 5) is 59.5. The number of hydrogen-bond donors (Lipinski definition) is 0. The minimum absolute atomic E-state index is 0.139. The summed E-state index contributed by atoms with van der Waals surface area (Å²) in [5.41, 5.74) is 2.17. The smallest absolute Gasteiger partial charge is 0.433 e. The van der Waals surface area contributed by atoms with Crippen LogP contribution >= 0.6 is 21.6 Å². The minimum atomic E-state index is -0.825. The molecule has 0 fully saturated rings. The van der Waals surface area contributed by atoms with Crippen LogP contribution in [0.15, 0.2) is 69.9 Å². The van der Waals surface area contributed by atoms with Crippen LogP contribution in [0.1, 0.15) is 25.0 Å². The van der Waals surface area contributed by atoms with Crippen molar-refractivity contribution in [2.75, 3.05) is 38.8 Å². The fraction of sp³-hybridized carbons (Fsp3) is 0.267. The third kappa shape index (κ3) is 8.97. The Morgan fingerprint density at radius 1 is 0.682 bits per heavy atom. The lowest BCUT2D eigenvalue weighted by atomic mass is 10.2. The van der Waals surface area contributed by atoms with E-state index in [4.69, 9.17) is 18.9 Å². The second kappa shape index (κ2) is 15.3. The predicted molar refractivity (Wildman–Crippen MR) is 169 cm³/mol. The average Bonchev–Trinajstić information content (AvgIpc) is 3.39. The van der Waals surface area contributed by atoms with Gasteiger partial charge in [0, 0.05) is 25.6 Å². The first-order valence-electron chi connectivity index (χ1n) is 13.3. The topological polar surface area (TPSA) is 136 Å². The van der Waals surface area contributed by atoms with Gasteiger partial charge in [0.15, 0.2) is 0 Å². The normalized spacial score (nSPS) is 16.4. The van der Waals surface area contributed by atoms with E-state index in [1.165, 1.54) is 31.4 Å². The molecule has 0 N–H and O–H groups in total. The number of likely N-dealkylation sites (N-methyl/N-ethyl adjacent to an activating group) is 2. The van der Waals surface area contributed by atoms with Gasteiger partial charge in [0.25, 0.3) is 11.8 Å². The number of amidine groups is 2. The van der Waals surface area contributed by atoms with Crippen molar-refractivity contribution in [3.8, 4) is 11.5 Å². The van der Waals surface area contributed by atoms with Crippen LogP contribution in [0.3, 0.4) is 0 Å². The van der Waals surface area contributed by atoms with E-state index < -0.39 is 12.3 Å². The highest BCUT2D eigenvalue weighted by atomic mass is 33.1. The summed E-state index contributed by atoms with van der Waals surface area (Å²) in [7, 11) is 6.23. The molecule has 2 amide bonds. The van der Waals surface area contributed by atoms with E-state index in [2.05, 4.69) is 9.98 Å². The first kappa shape index (κ1) is 32.4. The summed E-state index contributed by atoms with van der Waals surface area (Å²) in [5, 5.41) is 0. The van der Waals surface area contributed by atoms with Crippen molar-refractivity contribution in [3.63, 3.8) is 0 Å². The van der Waals surface area contributed by atoms with Crippen LogP contribution in [0.4, 0.5) is 9.59 Å². The lowest BCUT2D eigenvalue weighted by Crippen LogP contribution is -2.25. The highest BCUT2D eigenvalue weighted by Gasteiger charge is 2.24. The molecular formula is C30H30N4O8S2. The van der Waals surface area contributed by atoms with Gasteiger partial charge in [-0.2, -0.15) is 0 Å². The van der Waals surface area contributed by atoms with Crippen LogP contribution in [0.5, 0.6) is 11.5 Å². The molecule has 12 nitrogen and oxygen atoms in total. The van der Waals surface area contributed by atoms with Crippen molar-refractivity contribution in [1.82, 2.24) is 9.80 Å². The lowest BCUT2D eigenvalue weighted by molar-refractivity contribution is -0.122. The summed E-state index contributed by atoms with van der Waals surface area (Å²) in [5.74, 6) is 2.54. The SMILES string of the molecule is CC1=N/C(=C\c2ccc(OC(=O)OCCSSCCOC(=O)Oc3ccc(/C=C4\N=C(C)N(C)C4=O)cc3)cc2)C(=O)N1C. The summed E-state index contributed by atoms with van der Waals surface area (Å²) < 4.78 is 20.5. The highest BCUT2D eigenvalue weighted by Crippen LogP contribution is 2.22. The maximum Gasteiger partial charge on any atom is 0.513 e. The van der Waals surface area contributed by atoms with E-state index in [1.54, 1.807) is 88.6 Å². The van der Waals surface area contributed by atoms with Gasteiger partial charge in [0.1, 0.15) is 47.8 Å². The second-order valence-electron chi connectivity index (χ2n) is 9.29. The largest absolute Gasteiger partial charge is 0.513 e.